The molecule has 3 aromatic carbocycles. The molecule has 0 bridgehead atoms. The number of hydrogen-bond donors (Lipinski definition) is 1. The Balaban J connectivity index is 1.52. The number of anilines is 1. The Morgan fingerprint density at radius 1 is 0.889 bits per heavy atom. The molecule has 4 nitrogen and oxygen atoms in total. The molecule has 1 N–H and O–H groups in total. The van der Waals surface area contributed by atoms with Gasteiger partial charge in [0.05, 0.1) is 0 Å². The summed E-state index contributed by atoms with van der Waals surface area (Å²) in [5.41, 5.74) is 4.48. The number of carbonyl (C=O) groups excluding carboxylic acids is 1. The van der Waals surface area contributed by atoms with E-state index >= 15 is 0 Å². The van der Waals surface area contributed by atoms with E-state index in [9.17, 15) is 4.79 Å². The van der Waals surface area contributed by atoms with Crippen molar-refractivity contribution in [2.24, 2.45) is 0 Å². The highest BCUT2D eigenvalue weighted by atomic mass is 16.7. The minimum atomic E-state index is -0.115. The van der Waals surface area contributed by atoms with E-state index in [4.69, 9.17) is 9.47 Å². The first-order chi connectivity index (χ1) is 13.2. The monoisotopic (exact) mass is 357 g/mol. The zero-order chi connectivity index (χ0) is 18.6. The lowest BCUT2D eigenvalue weighted by atomic mass is 10.1. The summed E-state index contributed by atoms with van der Waals surface area (Å²) in [4.78, 5) is 12.4. The fraction of sp³-hybridized carbons (Fsp3) is 0.0870. The van der Waals surface area contributed by atoms with Crippen LogP contribution in [0.2, 0.25) is 0 Å². The van der Waals surface area contributed by atoms with Gasteiger partial charge in [-0.3, -0.25) is 4.79 Å². The molecule has 0 saturated carbocycles. The molecule has 1 amide bonds. The summed E-state index contributed by atoms with van der Waals surface area (Å²) in [7, 11) is 0. The SMILES string of the molecule is Cc1ccc(/C=C/c2ccc3c(c2)OCO3)cc1NC(=O)c1ccccc1. The Kier molecular flexibility index (Phi) is 4.62. The zero-order valence-electron chi connectivity index (χ0n) is 14.9. The van der Waals surface area contributed by atoms with Crippen LogP contribution in [-0.4, -0.2) is 12.7 Å². The standard InChI is InChI=1S/C23H19NO3/c1-16-7-8-17(9-10-18-11-12-21-22(14-18)27-15-26-21)13-20(16)24-23(25)19-5-3-2-4-6-19/h2-14H,15H2,1H3,(H,24,25)/b10-9+. The van der Waals surface area contributed by atoms with Crippen LogP contribution < -0.4 is 14.8 Å². The van der Waals surface area contributed by atoms with Gasteiger partial charge in [0.1, 0.15) is 0 Å². The van der Waals surface area contributed by atoms with Gasteiger partial charge in [-0.15, -0.1) is 0 Å². The molecule has 4 rings (SSSR count). The largest absolute Gasteiger partial charge is 0.454 e. The molecule has 1 aliphatic rings. The van der Waals surface area contributed by atoms with Gasteiger partial charge >= 0.3 is 0 Å². The second-order valence-corrected chi connectivity index (χ2v) is 6.34. The Labute approximate surface area is 158 Å². The summed E-state index contributed by atoms with van der Waals surface area (Å²) in [6.45, 7) is 2.25. The summed E-state index contributed by atoms with van der Waals surface area (Å²) in [6.07, 6.45) is 4.02. The smallest absolute Gasteiger partial charge is 0.255 e. The lowest BCUT2D eigenvalue weighted by molar-refractivity contribution is 0.102. The molecule has 0 saturated heterocycles. The number of nitrogens with one attached hydrogen (secondary N) is 1. The van der Waals surface area contributed by atoms with Crippen LogP contribution in [0.5, 0.6) is 11.5 Å². The molecule has 0 unspecified atom stereocenters. The van der Waals surface area contributed by atoms with Gasteiger partial charge < -0.3 is 14.8 Å². The number of fused-ring (bicyclic) bond motifs is 1. The van der Waals surface area contributed by atoms with Crippen LogP contribution in [0.4, 0.5) is 5.69 Å². The maximum Gasteiger partial charge on any atom is 0.255 e. The lowest BCUT2D eigenvalue weighted by Gasteiger charge is -2.09. The van der Waals surface area contributed by atoms with Crippen molar-refractivity contribution in [3.63, 3.8) is 0 Å². The molecule has 134 valence electrons. The average Bonchev–Trinajstić information content (AvgIpc) is 3.17. The van der Waals surface area contributed by atoms with E-state index in [0.29, 0.717) is 5.56 Å². The summed E-state index contributed by atoms with van der Waals surface area (Å²) < 4.78 is 10.7. The van der Waals surface area contributed by atoms with Crippen LogP contribution >= 0.6 is 0 Å². The number of benzene rings is 3. The highest BCUT2D eigenvalue weighted by Gasteiger charge is 2.12. The number of ether oxygens (including phenoxy) is 2. The second kappa shape index (κ2) is 7.38. The maximum atomic E-state index is 12.4. The minimum Gasteiger partial charge on any atom is -0.454 e. The lowest BCUT2D eigenvalue weighted by Crippen LogP contribution is -2.12. The minimum absolute atomic E-state index is 0.115. The molecule has 0 spiro atoms. The maximum absolute atomic E-state index is 12.4. The molecule has 0 fully saturated rings. The number of amides is 1. The number of aryl methyl sites for hydroxylation is 1. The molecule has 0 atom stereocenters. The van der Waals surface area contributed by atoms with Gasteiger partial charge in [0, 0.05) is 11.3 Å². The van der Waals surface area contributed by atoms with Crippen molar-refractivity contribution in [3.8, 4) is 11.5 Å². The second-order valence-electron chi connectivity index (χ2n) is 6.34. The normalized spacial score (nSPS) is 12.3. The van der Waals surface area contributed by atoms with Crippen LogP contribution in [0.3, 0.4) is 0 Å². The fourth-order valence-corrected chi connectivity index (χ4v) is 2.87. The van der Waals surface area contributed by atoms with Crippen LogP contribution in [0.15, 0.2) is 66.7 Å². The van der Waals surface area contributed by atoms with E-state index in [2.05, 4.69) is 5.32 Å². The molecule has 1 aliphatic heterocycles. The molecule has 1 heterocycles. The Morgan fingerprint density at radius 3 is 2.41 bits per heavy atom. The molecule has 27 heavy (non-hydrogen) atoms. The quantitative estimate of drug-likeness (QED) is 0.657. The van der Waals surface area contributed by atoms with E-state index in [1.165, 1.54) is 0 Å². The van der Waals surface area contributed by atoms with Crippen LogP contribution in [0.1, 0.15) is 27.0 Å². The number of hydrogen-bond acceptors (Lipinski definition) is 3. The number of carbonyl (C=O) groups is 1. The Morgan fingerprint density at radius 2 is 1.59 bits per heavy atom. The summed E-state index contributed by atoms with van der Waals surface area (Å²) in [6, 6.07) is 21.0. The van der Waals surface area contributed by atoms with E-state index in [1.807, 2.05) is 73.7 Å². The molecule has 3 aromatic rings. The average molecular weight is 357 g/mol. The van der Waals surface area contributed by atoms with Crippen molar-refractivity contribution in [2.75, 3.05) is 12.1 Å². The third kappa shape index (κ3) is 3.85. The highest BCUT2D eigenvalue weighted by molar-refractivity contribution is 6.04. The summed E-state index contributed by atoms with van der Waals surface area (Å²) >= 11 is 0. The molecule has 4 heteroatoms. The molecular formula is C23H19NO3. The molecule has 0 aliphatic carbocycles. The van der Waals surface area contributed by atoms with E-state index < -0.39 is 0 Å². The van der Waals surface area contributed by atoms with Gasteiger partial charge in [-0.1, -0.05) is 48.6 Å². The Hall–Kier alpha value is -3.53. The third-order valence-electron chi connectivity index (χ3n) is 4.41. The first kappa shape index (κ1) is 16.9. The predicted molar refractivity (Wildman–Crippen MR) is 107 cm³/mol. The van der Waals surface area contributed by atoms with Crippen molar-refractivity contribution in [1.29, 1.82) is 0 Å². The van der Waals surface area contributed by atoms with Crippen molar-refractivity contribution < 1.29 is 14.3 Å². The first-order valence-electron chi connectivity index (χ1n) is 8.74. The van der Waals surface area contributed by atoms with Gasteiger partial charge in [-0.05, 0) is 53.9 Å². The predicted octanol–water partition coefficient (Wildman–Crippen LogP) is 5.15. The summed E-state index contributed by atoms with van der Waals surface area (Å²) in [5, 5.41) is 2.99. The highest BCUT2D eigenvalue weighted by Crippen LogP contribution is 2.33. The van der Waals surface area contributed by atoms with Crippen LogP contribution in [-0.2, 0) is 0 Å². The van der Waals surface area contributed by atoms with Crippen LogP contribution in [0, 0.1) is 6.92 Å². The van der Waals surface area contributed by atoms with Gasteiger partial charge in [0.2, 0.25) is 6.79 Å². The Bertz CT molecular complexity index is 1010. The zero-order valence-corrected chi connectivity index (χ0v) is 14.9. The fourth-order valence-electron chi connectivity index (χ4n) is 2.87. The van der Waals surface area contributed by atoms with Gasteiger partial charge in [-0.25, -0.2) is 0 Å². The third-order valence-corrected chi connectivity index (χ3v) is 4.41. The molecular weight excluding hydrogens is 338 g/mol. The van der Waals surface area contributed by atoms with Gasteiger partial charge in [0.15, 0.2) is 11.5 Å². The van der Waals surface area contributed by atoms with Crippen molar-refractivity contribution in [3.05, 3.63) is 89.0 Å². The number of rotatable bonds is 4. The van der Waals surface area contributed by atoms with E-state index in [-0.39, 0.29) is 12.7 Å². The van der Waals surface area contributed by atoms with E-state index in [0.717, 1.165) is 33.9 Å². The first-order valence-corrected chi connectivity index (χ1v) is 8.74. The van der Waals surface area contributed by atoms with E-state index in [1.54, 1.807) is 12.1 Å². The van der Waals surface area contributed by atoms with Gasteiger partial charge in [0.25, 0.3) is 5.91 Å². The van der Waals surface area contributed by atoms with Gasteiger partial charge in [-0.2, -0.15) is 0 Å². The van der Waals surface area contributed by atoms with Crippen LogP contribution in [0.25, 0.3) is 12.2 Å². The molecule has 0 radical (unpaired) electrons. The van der Waals surface area contributed by atoms with Crippen molar-refractivity contribution in [1.82, 2.24) is 0 Å². The van der Waals surface area contributed by atoms with Crippen molar-refractivity contribution >= 4 is 23.7 Å². The summed E-state index contributed by atoms with van der Waals surface area (Å²) in [5.74, 6) is 1.42. The van der Waals surface area contributed by atoms with Crippen molar-refractivity contribution in [2.45, 2.75) is 6.92 Å². The molecule has 0 aromatic heterocycles. The topological polar surface area (TPSA) is 47.6 Å².